The lowest BCUT2D eigenvalue weighted by Crippen LogP contribution is -2.42. The van der Waals surface area contributed by atoms with Crippen LogP contribution in [0.25, 0.3) is 0 Å². The fraction of sp³-hybridized carbons (Fsp3) is 0.667. The number of aryl methyl sites for hydroxylation is 1. The van der Waals surface area contributed by atoms with E-state index in [9.17, 15) is 9.59 Å². The Balaban J connectivity index is 1.60. The van der Waals surface area contributed by atoms with E-state index < -0.39 is 0 Å². The van der Waals surface area contributed by atoms with Gasteiger partial charge in [0.2, 0.25) is 0 Å². The smallest absolute Gasteiger partial charge is 0.323 e. The number of anilines is 1. The van der Waals surface area contributed by atoms with Crippen molar-refractivity contribution in [1.82, 2.24) is 10.1 Å². The molecule has 6 heteroatoms. The lowest BCUT2D eigenvalue weighted by molar-refractivity contribution is -0.121. The third-order valence-corrected chi connectivity index (χ3v) is 4.53. The van der Waals surface area contributed by atoms with E-state index in [0.717, 1.165) is 49.8 Å². The van der Waals surface area contributed by atoms with Gasteiger partial charge in [0.1, 0.15) is 11.5 Å². The zero-order chi connectivity index (χ0) is 14.8. The van der Waals surface area contributed by atoms with Crippen LogP contribution in [0.15, 0.2) is 4.52 Å². The van der Waals surface area contributed by atoms with Gasteiger partial charge in [-0.05, 0) is 39.0 Å². The number of amides is 2. The first kappa shape index (κ1) is 14.1. The number of hydrogen-bond acceptors (Lipinski definition) is 4. The van der Waals surface area contributed by atoms with Crippen LogP contribution in [-0.4, -0.2) is 35.0 Å². The van der Waals surface area contributed by atoms with Crippen LogP contribution in [0, 0.1) is 5.92 Å². The molecule has 0 saturated carbocycles. The van der Waals surface area contributed by atoms with Crippen molar-refractivity contribution in [2.45, 2.75) is 45.4 Å². The minimum Gasteiger partial charge on any atom is -0.359 e. The zero-order valence-corrected chi connectivity index (χ0v) is 12.4. The molecule has 1 aliphatic carbocycles. The molecule has 114 valence electrons. The number of likely N-dealkylation sites (tertiary alicyclic amines) is 1. The van der Waals surface area contributed by atoms with Gasteiger partial charge in [0.25, 0.3) is 0 Å². The van der Waals surface area contributed by atoms with Crippen molar-refractivity contribution in [3.63, 3.8) is 0 Å². The molecule has 1 N–H and O–H groups in total. The number of fused-ring (bicyclic) bond motifs is 1. The minimum atomic E-state index is -0.140. The van der Waals surface area contributed by atoms with E-state index in [2.05, 4.69) is 10.5 Å². The average Bonchev–Trinajstić information content (AvgIpc) is 2.91. The van der Waals surface area contributed by atoms with Crippen LogP contribution in [0.1, 0.15) is 43.9 Å². The first-order chi connectivity index (χ1) is 10.1. The number of carbonyl (C=O) groups is 2. The summed E-state index contributed by atoms with van der Waals surface area (Å²) < 4.78 is 5.30. The van der Waals surface area contributed by atoms with Crippen LogP contribution < -0.4 is 5.32 Å². The van der Waals surface area contributed by atoms with Gasteiger partial charge in [-0.2, -0.15) is 0 Å². The Hall–Kier alpha value is -1.85. The summed E-state index contributed by atoms with van der Waals surface area (Å²) in [4.78, 5) is 25.4. The van der Waals surface area contributed by atoms with Gasteiger partial charge in [-0.1, -0.05) is 5.16 Å². The molecular weight excluding hydrogens is 270 g/mol. The van der Waals surface area contributed by atoms with Crippen LogP contribution in [0.2, 0.25) is 0 Å². The maximum atomic E-state index is 12.3. The molecule has 0 atom stereocenters. The molecule has 2 aliphatic rings. The second-order valence-corrected chi connectivity index (χ2v) is 5.94. The lowest BCUT2D eigenvalue weighted by Gasteiger charge is -2.30. The predicted octanol–water partition coefficient (Wildman–Crippen LogP) is 2.39. The Bertz CT molecular complexity index is 544. The summed E-state index contributed by atoms with van der Waals surface area (Å²) in [6.07, 6.45) is 5.55. The molecule has 1 aliphatic heterocycles. The molecule has 0 aromatic carbocycles. The van der Waals surface area contributed by atoms with E-state index in [1.807, 2.05) is 0 Å². The summed E-state index contributed by atoms with van der Waals surface area (Å²) in [6.45, 7) is 2.87. The number of aromatic nitrogens is 1. The van der Waals surface area contributed by atoms with E-state index in [1.165, 1.54) is 0 Å². The second kappa shape index (κ2) is 5.87. The largest absolute Gasteiger partial charge is 0.359 e. The highest BCUT2D eigenvalue weighted by Crippen LogP contribution is 2.28. The first-order valence-electron chi connectivity index (χ1n) is 7.69. The number of hydrogen-bond donors (Lipinski definition) is 1. The van der Waals surface area contributed by atoms with Crippen molar-refractivity contribution in [2.75, 3.05) is 18.4 Å². The van der Waals surface area contributed by atoms with E-state index >= 15 is 0 Å². The number of nitrogens with one attached hydrogen (secondary N) is 1. The molecule has 3 rings (SSSR count). The van der Waals surface area contributed by atoms with Crippen LogP contribution in [-0.2, 0) is 17.6 Å². The molecule has 1 saturated heterocycles. The summed E-state index contributed by atoms with van der Waals surface area (Å²) in [5.41, 5.74) is 1.05. The van der Waals surface area contributed by atoms with Gasteiger partial charge < -0.3 is 9.42 Å². The Morgan fingerprint density at radius 1 is 1.24 bits per heavy atom. The van der Waals surface area contributed by atoms with Gasteiger partial charge in [0.15, 0.2) is 5.82 Å². The Kier molecular flexibility index (Phi) is 3.94. The third-order valence-electron chi connectivity index (χ3n) is 4.53. The molecular formula is C15H21N3O3. The van der Waals surface area contributed by atoms with Crippen molar-refractivity contribution in [1.29, 1.82) is 0 Å². The Labute approximate surface area is 123 Å². The molecule has 0 bridgehead atoms. The molecule has 2 amide bonds. The summed E-state index contributed by atoms with van der Waals surface area (Å²) in [5.74, 6) is 1.81. The summed E-state index contributed by atoms with van der Waals surface area (Å²) >= 11 is 0. The molecule has 0 radical (unpaired) electrons. The van der Waals surface area contributed by atoms with E-state index in [4.69, 9.17) is 4.52 Å². The molecule has 6 nitrogen and oxygen atoms in total. The highest BCUT2D eigenvalue weighted by Gasteiger charge is 2.27. The Morgan fingerprint density at radius 2 is 1.95 bits per heavy atom. The monoisotopic (exact) mass is 291 g/mol. The van der Waals surface area contributed by atoms with Crippen molar-refractivity contribution in [2.24, 2.45) is 5.92 Å². The lowest BCUT2D eigenvalue weighted by atomic mass is 9.93. The number of piperidine rings is 1. The maximum absolute atomic E-state index is 12.3. The van der Waals surface area contributed by atoms with Crippen LogP contribution >= 0.6 is 0 Å². The van der Waals surface area contributed by atoms with Gasteiger partial charge >= 0.3 is 6.03 Å². The number of urea groups is 1. The molecule has 0 unspecified atom stereocenters. The van der Waals surface area contributed by atoms with Gasteiger partial charge in [-0.25, -0.2) is 4.79 Å². The van der Waals surface area contributed by atoms with Crippen molar-refractivity contribution in [3.8, 4) is 0 Å². The van der Waals surface area contributed by atoms with Crippen LogP contribution in [0.4, 0.5) is 10.6 Å². The predicted molar refractivity (Wildman–Crippen MR) is 77.1 cm³/mol. The maximum Gasteiger partial charge on any atom is 0.323 e. The highest BCUT2D eigenvalue weighted by molar-refractivity contribution is 5.89. The average molecular weight is 291 g/mol. The molecule has 1 fully saturated rings. The molecule has 0 spiro atoms. The number of Topliss-reactive ketones (excluding diaryl/α,β-unsaturated/α-hetero) is 1. The summed E-state index contributed by atoms with van der Waals surface area (Å²) in [6, 6.07) is -0.140. The third kappa shape index (κ3) is 2.94. The molecule has 1 aromatic heterocycles. The fourth-order valence-electron chi connectivity index (χ4n) is 3.15. The number of carbonyl (C=O) groups excluding carboxylic acids is 2. The van der Waals surface area contributed by atoms with Gasteiger partial charge in [0.05, 0.1) is 0 Å². The van der Waals surface area contributed by atoms with Crippen molar-refractivity contribution < 1.29 is 14.1 Å². The summed E-state index contributed by atoms with van der Waals surface area (Å²) in [7, 11) is 0. The first-order valence-corrected chi connectivity index (χ1v) is 7.69. The van der Waals surface area contributed by atoms with Gasteiger partial charge in [0, 0.05) is 31.0 Å². The quantitative estimate of drug-likeness (QED) is 0.907. The second-order valence-electron chi connectivity index (χ2n) is 5.94. The normalized spacial score (nSPS) is 19.2. The zero-order valence-electron chi connectivity index (χ0n) is 12.4. The van der Waals surface area contributed by atoms with Crippen molar-refractivity contribution in [3.05, 3.63) is 11.3 Å². The number of ketones is 1. The SMILES string of the molecule is CC(=O)C1CCN(C(=O)Nc2noc3c2CCCC3)CC1. The standard InChI is InChI=1S/C15H21N3O3/c1-10(19)11-6-8-18(9-7-11)15(20)16-14-12-4-2-3-5-13(12)21-17-14/h11H,2-9H2,1H3,(H,16,17,20). The molecule has 1 aromatic rings. The van der Waals surface area contributed by atoms with Crippen LogP contribution in [0.3, 0.4) is 0 Å². The Morgan fingerprint density at radius 3 is 2.67 bits per heavy atom. The highest BCUT2D eigenvalue weighted by atomic mass is 16.5. The summed E-state index contributed by atoms with van der Waals surface area (Å²) in [5, 5.41) is 6.85. The molecule has 21 heavy (non-hydrogen) atoms. The van der Waals surface area contributed by atoms with Crippen molar-refractivity contribution >= 4 is 17.6 Å². The van der Waals surface area contributed by atoms with Gasteiger partial charge in [-0.3, -0.25) is 10.1 Å². The number of rotatable bonds is 2. The molecule has 2 heterocycles. The van der Waals surface area contributed by atoms with Gasteiger partial charge in [-0.15, -0.1) is 0 Å². The van der Waals surface area contributed by atoms with E-state index in [1.54, 1.807) is 11.8 Å². The van der Waals surface area contributed by atoms with E-state index in [0.29, 0.717) is 18.9 Å². The number of nitrogens with zero attached hydrogens (tertiary/aromatic N) is 2. The van der Waals surface area contributed by atoms with E-state index in [-0.39, 0.29) is 17.7 Å². The van der Waals surface area contributed by atoms with Crippen LogP contribution in [0.5, 0.6) is 0 Å². The topological polar surface area (TPSA) is 75.4 Å². The fourth-order valence-corrected chi connectivity index (χ4v) is 3.15. The minimum absolute atomic E-state index is 0.105.